The molecule has 1 aromatic carbocycles. The van der Waals surface area contributed by atoms with Gasteiger partial charge in [-0.3, -0.25) is 4.90 Å². The molecule has 1 heterocycles. The molecule has 0 atom stereocenters. The fourth-order valence-electron chi connectivity index (χ4n) is 1.89. The minimum atomic E-state index is -3.28. The average molecular weight is 321 g/mol. The monoisotopic (exact) mass is 321 g/mol. The molecule has 0 aromatic heterocycles. The van der Waals surface area contributed by atoms with Crippen molar-refractivity contribution in [2.45, 2.75) is 19.1 Å². The number of benzene rings is 1. The van der Waals surface area contributed by atoms with Crippen molar-refractivity contribution >= 4 is 21.7 Å². The van der Waals surface area contributed by atoms with E-state index in [-0.39, 0.29) is 12.6 Å². The summed E-state index contributed by atoms with van der Waals surface area (Å²) in [6, 6.07) is 7.18. The van der Waals surface area contributed by atoms with Gasteiger partial charge in [0.15, 0.2) is 0 Å². The normalized spacial score (nSPS) is 14.7. The highest BCUT2D eigenvalue weighted by atomic mass is 32.2. The van der Waals surface area contributed by atoms with Gasteiger partial charge < -0.3 is 5.32 Å². The lowest BCUT2D eigenvalue weighted by Gasteiger charge is -2.13. The van der Waals surface area contributed by atoms with Crippen molar-refractivity contribution in [3.8, 4) is 11.8 Å². The van der Waals surface area contributed by atoms with Crippen LogP contribution in [0.2, 0.25) is 0 Å². The van der Waals surface area contributed by atoms with Crippen LogP contribution in [0.1, 0.15) is 19.4 Å². The van der Waals surface area contributed by atoms with Crippen LogP contribution in [0.3, 0.4) is 0 Å². The Balaban J connectivity index is 1.95. The van der Waals surface area contributed by atoms with Crippen LogP contribution in [0.25, 0.3) is 0 Å². The zero-order valence-corrected chi connectivity index (χ0v) is 13.4. The van der Waals surface area contributed by atoms with Crippen LogP contribution in [-0.2, 0) is 10.0 Å². The molecule has 0 spiro atoms. The molecule has 0 saturated carbocycles. The Kier molecular flexibility index (Phi) is 5.06. The Morgan fingerprint density at radius 2 is 2.00 bits per heavy atom. The fraction of sp³-hybridized carbons (Fsp3) is 0.400. The van der Waals surface area contributed by atoms with E-state index >= 15 is 0 Å². The molecule has 0 aliphatic carbocycles. The predicted molar refractivity (Wildman–Crippen MR) is 86.1 cm³/mol. The second-order valence-electron chi connectivity index (χ2n) is 5.15. The average Bonchev–Trinajstić information content (AvgIpc) is 2.90. The van der Waals surface area contributed by atoms with Crippen molar-refractivity contribution < 1.29 is 13.2 Å². The summed E-state index contributed by atoms with van der Waals surface area (Å²) in [4.78, 5) is 13.2. The first-order chi connectivity index (χ1) is 10.4. The van der Waals surface area contributed by atoms with Gasteiger partial charge in [-0.15, -0.1) is 0 Å². The number of amides is 2. The lowest BCUT2D eigenvalue weighted by Crippen LogP contribution is -2.30. The first kappa shape index (κ1) is 16.3. The van der Waals surface area contributed by atoms with Gasteiger partial charge in [0.2, 0.25) is 10.0 Å². The van der Waals surface area contributed by atoms with E-state index in [0.717, 1.165) is 11.3 Å². The molecule has 1 saturated heterocycles. The van der Waals surface area contributed by atoms with E-state index in [1.807, 2.05) is 24.3 Å². The number of sulfonamides is 1. The Morgan fingerprint density at radius 3 is 2.55 bits per heavy atom. The summed E-state index contributed by atoms with van der Waals surface area (Å²) in [5.41, 5.74) is 1.59. The van der Waals surface area contributed by atoms with Crippen LogP contribution in [0.5, 0.6) is 0 Å². The molecule has 0 bridgehead atoms. The van der Waals surface area contributed by atoms with E-state index in [1.54, 1.807) is 18.7 Å². The van der Waals surface area contributed by atoms with Gasteiger partial charge >= 0.3 is 6.03 Å². The van der Waals surface area contributed by atoms with Gasteiger partial charge in [-0.2, -0.15) is 0 Å². The molecular formula is C15H19N3O3S. The zero-order valence-electron chi connectivity index (χ0n) is 12.6. The largest absolute Gasteiger partial charge is 0.336 e. The molecule has 6 nitrogen and oxygen atoms in total. The van der Waals surface area contributed by atoms with Gasteiger partial charge in [-0.25, -0.2) is 17.9 Å². The minimum Gasteiger partial charge on any atom is -0.336 e. The van der Waals surface area contributed by atoms with Crippen LogP contribution in [0.15, 0.2) is 24.3 Å². The quantitative estimate of drug-likeness (QED) is 0.809. The van der Waals surface area contributed by atoms with E-state index in [4.69, 9.17) is 0 Å². The molecule has 118 valence electrons. The fourth-order valence-corrected chi connectivity index (χ4v) is 2.50. The maximum atomic E-state index is 11.5. The summed E-state index contributed by atoms with van der Waals surface area (Å²) in [5.74, 6) is 5.67. The zero-order chi connectivity index (χ0) is 16.2. The Labute approximate surface area is 130 Å². The number of carbonyl (C=O) groups excluding carboxylic acids is 1. The number of anilines is 1. The second-order valence-corrected chi connectivity index (χ2v) is 7.47. The van der Waals surface area contributed by atoms with Crippen LogP contribution in [0, 0.1) is 11.8 Å². The SMILES string of the molecule is CC(C)S(=O)(=O)NCC#Cc1ccc(N2CCNC2=O)cc1. The van der Waals surface area contributed by atoms with E-state index in [9.17, 15) is 13.2 Å². The number of nitrogens with one attached hydrogen (secondary N) is 2. The van der Waals surface area contributed by atoms with Crippen molar-refractivity contribution in [2.24, 2.45) is 0 Å². The number of carbonyl (C=O) groups is 1. The highest BCUT2D eigenvalue weighted by molar-refractivity contribution is 7.90. The molecule has 1 aliphatic heterocycles. The summed E-state index contributed by atoms with van der Waals surface area (Å²) in [7, 11) is -3.28. The highest BCUT2D eigenvalue weighted by Crippen LogP contribution is 2.16. The molecule has 7 heteroatoms. The molecule has 2 rings (SSSR count). The first-order valence-corrected chi connectivity index (χ1v) is 8.57. The summed E-state index contributed by atoms with van der Waals surface area (Å²) >= 11 is 0. The third kappa shape index (κ3) is 4.00. The summed E-state index contributed by atoms with van der Waals surface area (Å²) in [5, 5.41) is 2.27. The molecule has 0 unspecified atom stereocenters. The Bertz CT molecular complexity index is 700. The molecular weight excluding hydrogens is 302 g/mol. The van der Waals surface area contributed by atoms with Gasteiger partial charge in [0.05, 0.1) is 11.8 Å². The van der Waals surface area contributed by atoms with Gasteiger partial charge in [-0.05, 0) is 38.1 Å². The standard InChI is InChI=1S/C15H19N3O3S/c1-12(2)22(20,21)17-9-3-4-13-5-7-14(8-6-13)18-11-10-16-15(18)19/h5-8,12,17H,9-11H2,1-2H3,(H,16,19). The minimum absolute atomic E-state index is 0.0802. The van der Waals surface area contributed by atoms with E-state index in [0.29, 0.717) is 13.1 Å². The van der Waals surface area contributed by atoms with Crippen LogP contribution >= 0.6 is 0 Å². The molecule has 2 amide bonds. The van der Waals surface area contributed by atoms with Crippen LogP contribution < -0.4 is 14.9 Å². The predicted octanol–water partition coefficient (Wildman–Crippen LogP) is 0.895. The number of hydrogen-bond acceptors (Lipinski definition) is 3. The van der Waals surface area contributed by atoms with Crippen molar-refractivity contribution in [3.63, 3.8) is 0 Å². The lowest BCUT2D eigenvalue weighted by molar-refractivity contribution is 0.252. The van der Waals surface area contributed by atoms with E-state index in [1.165, 1.54) is 0 Å². The smallest absolute Gasteiger partial charge is 0.321 e. The second kappa shape index (κ2) is 6.81. The van der Waals surface area contributed by atoms with Crippen molar-refractivity contribution in [3.05, 3.63) is 29.8 Å². The number of nitrogens with zero attached hydrogens (tertiary/aromatic N) is 1. The van der Waals surface area contributed by atoms with Gasteiger partial charge in [0.1, 0.15) is 0 Å². The Hall–Kier alpha value is -2.04. The van der Waals surface area contributed by atoms with Crippen molar-refractivity contribution in [1.82, 2.24) is 10.0 Å². The van der Waals surface area contributed by atoms with Gasteiger partial charge in [0.25, 0.3) is 0 Å². The third-order valence-corrected chi connectivity index (χ3v) is 5.04. The van der Waals surface area contributed by atoms with Crippen molar-refractivity contribution in [1.29, 1.82) is 0 Å². The third-order valence-electron chi connectivity index (χ3n) is 3.25. The summed E-state index contributed by atoms with van der Waals surface area (Å²) in [6.45, 7) is 4.61. The van der Waals surface area contributed by atoms with Crippen molar-refractivity contribution in [2.75, 3.05) is 24.5 Å². The maximum Gasteiger partial charge on any atom is 0.321 e. The van der Waals surface area contributed by atoms with E-state index in [2.05, 4.69) is 21.9 Å². The lowest BCUT2D eigenvalue weighted by atomic mass is 10.2. The highest BCUT2D eigenvalue weighted by Gasteiger charge is 2.20. The maximum absolute atomic E-state index is 11.5. The van der Waals surface area contributed by atoms with Crippen LogP contribution in [0.4, 0.5) is 10.5 Å². The summed E-state index contributed by atoms with van der Waals surface area (Å²) < 4.78 is 25.5. The van der Waals surface area contributed by atoms with Gasteiger partial charge in [0, 0.05) is 24.3 Å². The molecule has 1 fully saturated rings. The molecule has 2 N–H and O–H groups in total. The molecule has 1 aliphatic rings. The molecule has 0 radical (unpaired) electrons. The topological polar surface area (TPSA) is 78.5 Å². The summed E-state index contributed by atoms with van der Waals surface area (Å²) in [6.07, 6.45) is 0. The van der Waals surface area contributed by atoms with E-state index < -0.39 is 15.3 Å². The number of urea groups is 1. The molecule has 22 heavy (non-hydrogen) atoms. The first-order valence-electron chi connectivity index (χ1n) is 7.03. The number of rotatable bonds is 4. The Morgan fingerprint density at radius 1 is 1.32 bits per heavy atom. The van der Waals surface area contributed by atoms with Gasteiger partial charge in [-0.1, -0.05) is 11.8 Å². The van der Waals surface area contributed by atoms with Crippen LogP contribution in [-0.4, -0.2) is 39.3 Å². The molecule has 1 aromatic rings. The number of hydrogen-bond donors (Lipinski definition) is 2.